The van der Waals surface area contributed by atoms with Crippen molar-refractivity contribution in [2.24, 2.45) is 0 Å². The summed E-state index contributed by atoms with van der Waals surface area (Å²) in [6, 6.07) is 4.97. The van der Waals surface area contributed by atoms with Crippen LogP contribution in [0.4, 0.5) is 11.4 Å². The predicted octanol–water partition coefficient (Wildman–Crippen LogP) is 1.73. The molecule has 1 fully saturated rings. The van der Waals surface area contributed by atoms with E-state index in [-0.39, 0.29) is 17.9 Å². The van der Waals surface area contributed by atoms with Gasteiger partial charge in [-0.15, -0.1) is 0 Å². The van der Waals surface area contributed by atoms with Gasteiger partial charge in [0, 0.05) is 12.6 Å². The molecule has 2 amide bonds. The van der Waals surface area contributed by atoms with E-state index in [1.165, 1.54) is 6.92 Å². The minimum atomic E-state index is -0.173. The molecule has 0 radical (unpaired) electrons. The Morgan fingerprint density at radius 3 is 2.71 bits per heavy atom. The Labute approximate surface area is 124 Å². The smallest absolute Gasteiger partial charge is 0.241 e. The summed E-state index contributed by atoms with van der Waals surface area (Å²) in [6.45, 7) is 2.30. The van der Waals surface area contributed by atoms with Crippen molar-refractivity contribution < 1.29 is 14.3 Å². The van der Waals surface area contributed by atoms with Crippen molar-refractivity contribution in [2.45, 2.75) is 32.2 Å². The lowest BCUT2D eigenvalue weighted by Gasteiger charge is -2.23. The maximum Gasteiger partial charge on any atom is 0.241 e. The van der Waals surface area contributed by atoms with E-state index >= 15 is 0 Å². The Balaban J connectivity index is 2.12. The Morgan fingerprint density at radius 1 is 1.29 bits per heavy atom. The Hall–Kier alpha value is -2.08. The molecule has 0 bridgehead atoms. The molecule has 0 spiro atoms. The molecule has 1 aromatic rings. The zero-order valence-electron chi connectivity index (χ0n) is 12.4. The van der Waals surface area contributed by atoms with Crippen molar-refractivity contribution in [3.8, 4) is 5.75 Å². The molecule has 1 aliphatic heterocycles. The van der Waals surface area contributed by atoms with Gasteiger partial charge in [0.05, 0.1) is 18.8 Å². The normalized spacial score (nSPS) is 17.9. The van der Waals surface area contributed by atoms with Crippen LogP contribution in [0, 0.1) is 0 Å². The van der Waals surface area contributed by atoms with Crippen LogP contribution in [0.15, 0.2) is 18.2 Å². The maximum atomic E-state index is 12.3. The number of amides is 2. The zero-order valence-corrected chi connectivity index (χ0v) is 12.4. The number of rotatable bonds is 4. The van der Waals surface area contributed by atoms with E-state index in [9.17, 15) is 9.59 Å². The predicted molar refractivity (Wildman–Crippen MR) is 81.6 cm³/mol. The van der Waals surface area contributed by atoms with Crippen molar-refractivity contribution in [3.05, 3.63) is 18.2 Å². The van der Waals surface area contributed by atoms with Crippen molar-refractivity contribution >= 4 is 23.2 Å². The third-order valence-corrected chi connectivity index (χ3v) is 3.40. The second kappa shape index (κ2) is 7.08. The number of hydrogen-bond donors (Lipinski definition) is 3. The first-order valence-electron chi connectivity index (χ1n) is 7.10. The highest BCUT2D eigenvalue weighted by molar-refractivity contribution is 5.97. The van der Waals surface area contributed by atoms with E-state index in [0.29, 0.717) is 17.1 Å². The molecular formula is C15H21N3O3. The average molecular weight is 291 g/mol. The van der Waals surface area contributed by atoms with E-state index < -0.39 is 0 Å². The van der Waals surface area contributed by atoms with Crippen molar-refractivity contribution in [2.75, 3.05) is 24.3 Å². The fraction of sp³-hybridized carbons (Fsp3) is 0.467. The number of ether oxygens (including phenoxy) is 1. The Morgan fingerprint density at radius 2 is 2.10 bits per heavy atom. The van der Waals surface area contributed by atoms with Crippen LogP contribution in [0.2, 0.25) is 0 Å². The minimum Gasteiger partial charge on any atom is -0.495 e. The molecule has 114 valence electrons. The van der Waals surface area contributed by atoms with Crippen molar-refractivity contribution in [3.63, 3.8) is 0 Å². The highest BCUT2D eigenvalue weighted by Gasteiger charge is 2.21. The summed E-state index contributed by atoms with van der Waals surface area (Å²) in [4.78, 5) is 23.4. The molecule has 1 atom stereocenters. The van der Waals surface area contributed by atoms with Crippen LogP contribution in [0.1, 0.15) is 26.2 Å². The number of benzene rings is 1. The van der Waals surface area contributed by atoms with Crippen LogP contribution in [0.3, 0.4) is 0 Å². The highest BCUT2D eigenvalue weighted by atomic mass is 16.5. The summed E-state index contributed by atoms with van der Waals surface area (Å²) in [5.74, 6) is 0.327. The molecule has 0 aliphatic carbocycles. The Bertz CT molecular complexity index is 525. The van der Waals surface area contributed by atoms with Crippen LogP contribution >= 0.6 is 0 Å². The molecular weight excluding hydrogens is 270 g/mol. The topological polar surface area (TPSA) is 79.5 Å². The second-order valence-electron chi connectivity index (χ2n) is 5.09. The van der Waals surface area contributed by atoms with Gasteiger partial charge in [0.15, 0.2) is 0 Å². The van der Waals surface area contributed by atoms with Gasteiger partial charge < -0.3 is 20.7 Å². The first-order valence-corrected chi connectivity index (χ1v) is 7.10. The lowest BCUT2D eigenvalue weighted by atomic mass is 10.0. The van der Waals surface area contributed by atoms with E-state index in [4.69, 9.17) is 4.74 Å². The lowest BCUT2D eigenvalue weighted by Crippen LogP contribution is -2.43. The number of nitrogens with one attached hydrogen (secondary N) is 3. The van der Waals surface area contributed by atoms with Gasteiger partial charge in [-0.1, -0.05) is 6.42 Å². The largest absolute Gasteiger partial charge is 0.495 e. The van der Waals surface area contributed by atoms with Gasteiger partial charge in [0.1, 0.15) is 5.75 Å². The van der Waals surface area contributed by atoms with Crippen LogP contribution < -0.4 is 20.7 Å². The van der Waals surface area contributed by atoms with Gasteiger partial charge in [-0.3, -0.25) is 9.59 Å². The molecule has 0 aromatic heterocycles. The number of methoxy groups -OCH3 is 1. The molecule has 6 heteroatoms. The summed E-state index contributed by atoms with van der Waals surface area (Å²) >= 11 is 0. The van der Waals surface area contributed by atoms with Crippen LogP contribution in [0.25, 0.3) is 0 Å². The molecule has 2 rings (SSSR count). The zero-order chi connectivity index (χ0) is 15.2. The van der Waals surface area contributed by atoms with Gasteiger partial charge in [0.2, 0.25) is 11.8 Å². The molecule has 3 N–H and O–H groups in total. The number of carbonyl (C=O) groups excluding carboxylic acids is 2. The van der Waals surface area contributed by atoms with E-state index in [0.717, 1.165) is 25.8 Å². The SMILES string of the molecule is COc1ccc(NC(C)=O)cc1NC(=O)C1CCCCN1. The van der Waals surface area contributed by atoms with Gasteiger partial charge in [-0.25, -0.2) is 0 Å². The summed E-state index contributed by atoms with van der Waals surface area (Å²) < 4.78 is 5.25. The lowest BCUT2D eigenvalue weighted by molar-refractivity contribution is -0.118. The third kappa shape index (κ3) is 4.19. The number of piperidine rings is 1. The summed E-state index contributed by atoms with van der Waals surface area (Å²) in [7, 11) is 1.54. The van der Waals surface area contributed by atoms with Crippen molar-refractivity contribution in [1.29, 1.82) is 0 Å². The van der Waals surface area contributed by atoms with Crippen LogP contribution in [-0.4, -0.2) is 31.5 Å². The molecule has 1 aromatic carbocycles. The summed E-state index contributed by atoms with van der Waals surface area (Å²) in [5, 5.41) is 8.76. The van der Waals surface area contributed by atoms with Gasteiger partial charge >= 0.3 is 0 Å². The van der Waals surface area contributed by atoms with E-state index in [1.54, 1.807) is 25.3 Å². The molecule has 21 heavy (non-hydrogen) atoms. The number of hydrogen-bond acceptors (Lipinski definition) is 4. The first kappa shape index (κ1) is 15.3. The highest BCUT2D eigenvalue weighted by Crippen LogP contribution is 2.28. The monoisotopic (exact) mass is 291 g/mol. The summed E-state index contributed by atoms with van der Waals surface area (Å²) in [6.07, 6.45) is 2.98. The fourth-order valence-electron chi connectivity index (χ4n) is 2.38. The second-order valence-corrected chi connectivity index (χ2v) is 5.09. The Kier molecular flexibility index (Phi) is 5.16. The first-order chi connectivity index (χ1) is 10.1. The molecule has 6 nitrogen and oxygen atoms in total. The maximum absolute atomic E-state index is 12.3. The average Bonchev–Trinajstić information content (AvgIpc) is 2.48. The number of carbonyl (C=O) groups is 2. The van der Waals surface area contributed by atoms with Crippen molar-refractivity contribution in [1.82, 2.24) is 5.32 Å². The molecule has 1 aliphatic rings. The molecule has 1 heterocycles. The fourth-order valence-corrected chi connectivity index (χ4v) is 2.38. The van der Waals surface area contributed by atoms with Crippen LogP contribution in [0.5, 0.6) is 5.75 Å². The minimum absolute atomic E-state index is 0.0759. The standard InChI is InChI=1S/C15H21N3O3/c1-10(19)17-11-6-7-14(21-2)13(9-11)18-15(20)12-5-3-4-8-16-12/h6-7,9,12,16H,3-5,8H2,1-2H3,(H,17,19)(H,18,20). The van der Waals surface area contributed by atoms with Gasteiger partial charge in [-0.2, -0.15) is 0 Å². The quantitative estimate of drug-likeness (QED) is 0.789. The molecule has 0 saturated carbocycles. The molecule has 1 saturated heterocycles. The number of anilines is 2. The van der Waals surface area contributed by atoms with E-state index in [1.807, 2.05) is 0 Å². The van der Waals surface area contributed by atoms with Crippen LogP contribution in [-0.2, 0) is 9.59 Å². The van der Waals surface area contributed by atoms with E-state index in [2.05, 4.69) is 16.0 Å². The van der Waals surface area contributed by atoms with Gasteiger partial charge in [-0.05, 0) is 37.6 Å². The third-order valence-electron chi connectivity index (χ3n) is 3.40. The molecule has 1 unspecified atom stereocenters. The van der Waals surface area contributed by atoms with Gasteiger partial charge in [0.25, 0.3) is 0 Å². The summed E-state index contributed by atoms with van der Waals surface area (Å²) in [5.41, 5.74) is 1.18.